The Morgan fingerprint density at radius 2 is 1.08 bits per heavy atom. The molecule has 5 heteroatoms. The first-order valence-electron chi connectivity index (χ1n) is 13.2. The smallest absolute Gasteiger partial charge is 0.399 e. The molecule has 1 aliphatic heterocycles. The predicted molar refractivity (Wildman–Crippen MR) is 165 cm³/mol. The molecule has 192 valence electrons. The van der Waals surface area contributed by atoms with E-state index in [2.05, 4.69) is 140 Å². The molecular weight excluding hydrogens is 518 g/mol. The third-order valence-electron chi connectivity index (χ3n) is 8.13. The van der Waals surface area contributed by atoms with Crippen LogP contribution < -0.4 is 10.9 Å². The van der Waals surface area contributed by atoms with Gasteiger partial charge in [-0.25, -0.2) is 0 Å². The van der Waals surface area contributed by atoms with Gasteiger partial charge in [-0.15, -0.1) is 5.98 Å². The molecule has 0 aliphatic carbocycles. The lowest BCUT2D eigenvalue weighted by Crippen LogP contribution is -2.47. The zero-order valence-electron chi connectivity index (χ0n) is 24.0. The quantitative estimate of drug-likeness (QED) is 0.310. The van der Waals surface area contributed by atoms with Gasteiger partial charge in [-0.3, -0.25) is 0 Å². The summed E-state index contributed by atoms with van der Waals surface area (Å²) in [5.41, 5.74) is 11.8. The molecule has 0 radical (unpaired) electrons. The van der Waals surface area contributed by atoms with Gasteiger partial charge in [-0.05, 0) is 92.4 Å². The van der Waals surface area contributed by atoms with E-state index < -0.39 is 18.3 Å². The Morgan fingerprint density at radius 3 is 1.46 bits per heavy atom. The lowest BCUT2D eigenvalue weighted by Gasteiger charge is -2.32. The second kappa shape index (κ2) is 10.2. The first-order valence-corrected chi connectivity index (χ1v) is 14.0. The maximum atomic E-state index is 6.64. The second-order valence-corrected chi connectivity index (χ2v) is 12.7. The summed E-state index contributed by atoms with van der Waals surface area (Å²) < 4.78 is 14.3. The Balaban J connectivity index is 2.02. The molecule has 0 bridgehead atoms. The first kappa shape index (κ1) is 28.0. The monoisotopic (exact) mass is 556 g/mol. The molecule has 0 N–H and O–H groups in total. The van der Waals surface area contributed by atoms with Crippen molar-refractivity contribution >= 4 is 46.2 Å². The highest BCUT2D eigenvalue weighted by atomic mass is 79.9. The highest BCUT2D eigenvalue weighted by Crippen LogP contribution is 2.40. The predicted octanol–water partition coefficient (Wildman–Crippen LogP) is 7.16. The minimum absolute atomic E-state index is 0.0545. The molecule has 1 saturated heterocycles. The van der Waals surface area contributed by atoms with Crippen molar-refractivity contribution in [2.75, 3.05) is 0 Å². The SMILES string of the molecule is Cc1cc(C)c(B(/C=C(/B2OC(C)(C)C(C)(C)O2)c2ccc(Br)cc2)c2c(C)cc(C)cc2C)c(C)c1. The van der Waals surface area contributed by atoms with Crippen LogP contribution in [-0.4, -0.2) is 25.0 Å². The summed E-state index contributed by atoms with van der Waals surface area (Å²) >= 11 is 3.61. The number of rotatable bonds is 5. The summed E-state index contributed by atoms with van der Waals surface area (Å²) in [4.78, 5) is 0. The van der Waals surface area contributed by atoms with Gasteiger partial charge in [-0.2, -0.15) is 0 Å². The zero-order chi connectivity index (χ0) is 27.3. The van der Waals surface area contributed by atoms with Gasteiger partial charge >= 0.3 is 7.12 Å². The van der Waals surface area contributed by atoms with Crippen LogP contribution in [0, 0.1) is 41.5 Å². The van der Waals surface area contributed by atoms with Crippen molar-refractivity contribution in [3.63, 3.8) is 0 Å². The van der Waals surface area contributed by atoms with Crippen molar-refractivity contribution in [1.29, 1.82) is 0 Å². The Bertz CT molecular complexity index is 1240. The Morgan fingerprint density at radius 1 is 0.703 bits per heavy atom. The normalized spacial score (nSPS) is 16.8. The van der Waals surface area contributed by atoms with E-state index in [1.165, 1.54) is 44.3 Å². The van der Waals surface area contributed by atoms with Crippen LogP contribution in [0.4, 0.5) is 0 Å². The van der Waals surface area contributed by atoms with Gasteiger partial charge in [0.2, 0.25) is 6.71 Å². The molecule has 0 atom stereocenters. The summed E-state index contributed by atoms with van der Waals surface area (Å²) in [6, 6.07) is 17.7. The van der Waals surface area contributed by atoms with Crippen molar-refractivity contribution < 1.29 is 9.31 Å². The average Bonchev–Trinajstić information content (AvgIpc) is 2.97. The molecule has 4 rings (SSSR count). The van der Waals surface area contributed by atoms with E-state index >= 15 is 0 Å². The molecule has 0 saturated carbocycles. The van der Waals surface area contributed by atoms with Crippen LogP contribution in [0.5, 0.6) is 0 Å². The van der Waals surface area contributed by atoms with E-state index in [9.17, 15) is 0 Å². The van der Waals surface area contributed by atoms with E-state index in [4.69, 9.17) is 9.31 Å². The minimum Gasteiger partial charge on any atom is -0.399 e. The van der Waals surface area contributed by atoms with Gasteiger partial charge < -0.3 is 9.31 Å². The molecule has 37 heavy (non-hydrogen) atoms. The Kier molecular flexibility index (Phi) is 7.74. The van der Waals surface area contributed by atoms with Gasteiger partial charge in [0, 0.05) is 4.47 Å². The van der Waals surface area contributed by atoms with Gasteiger partial charge in [-0.1, -0.05) is 96.6 Å². The van der Waals surface area contributed by atoms with E-state index in [0.29, 0.717) is 0 Å². The van der Waals surface area contributed by atoms with Crippen LogP contribution >= 0.6 is 15.9 Å². The van der Waals surface area contributed by atoms with E-state index in [-0.39, 0.29) is 6.71 Å². The number of halogens is 1. The van der Waals surface area contributed by atoms with Crippen LogP contribution in [0.3, 0.4) is 0 Å². The van der Waals surface area contributed by atoms with Crippen LogP contribution in [-0.2, 0) is 9.31 Å². The number of hydrogen-bond acceptors (Lipinski definition) is 2. The van der Waals surface area contributed by atoms with Gasteiger partial charge in [0.25, 0.3) is 0 Å². The Labute approximate surface area is 233 Å². The Hall–Kier alpha value is -2.07. The third kappa shape index (κ3) is 5.55. The maximum Gasteiger partial charge on any atom is 0.494 e. The molecule has 1 fully saturated rings. The van der Waals surface area contributed by atoms with Crippen LogP contribution in [0.1, 0.15) is 66.6 Å². The molecule has 0 amide bonds. The molecule has 2 nitrogen and oxygen atoms in total. The van der Waals surface area contributed by atoms with E-state index in [1.54, 1.807) is 0 Å². The summed E-state index contributed by atoms with van der Waals surface area (Å²) in [6.07, 6.45) is 0. The molecular formula is C32H39B2BrO2. The lowest BCUT2D eigenvalue weighted by molar-refractivity contribution is 0.00578. The molecule has 0 unspecified atom stereocenters. The second-order valence-electron chi connectivity index (χ2n) is 11.8. The topological polar surface area (TPSA) is 18.5 Å². The summed E-state index contributed by atoms with van der Waals surface area (Å²) in [6.45, 7) is 21.8. The number of aryl methyl sites for hydroxylation is 6. The zero-order valence-corrected chi connectivity index (χ0v) is 25.6. The van der Waals surface area contributed by atoms with Crippen molar-refractivity contribution in [3.8, 4) is 0 Å². The fourth-order valence-electron chi connectivity index (χ4n) is 5.78. The van der Waals surface area contributed by atoms with Crippen molar-refractivity contribution in [2.45, 2.75) is 80.4 Å². The molecule has 0 spiro atoms. The van der Waals surface area contributed by atoms with Crippen LogP contribution in [0.2, 0.25) is 0 Å². The number of hydrogen-bond donors (Lipinski definition) is 0. The highest BCUT2D eigenvalue weighted by Gasteiger charge is 2.52. The highest BCUT2D eigenvalue weighted by molar-refractivity contribution is 9.10. The third-order valence-corrected chi connectivity index (χ3v) is 8.66. The summed E-state index contributed by atoms with van der Waals surface area (Å²) in [7, 11) is -0.467. The van der Waals surface area contributed by atoms with Crippen molar-refractivity contribution in [3.05, 3.63) is 97.9 Å². The van der Waals surface area contributed by atoms with Crippen molar-refractivity contribution in [1.82, 2.24) is 0 Å². The molecule has 3 aromatic rings. The van der Waals surface area contributed by atoms with Gasteiger partial charge in [0.05, 0.1) is 11.2 Å². The minimum atomic E-state index is -0.467. The lowest BCUT2D eigenvalue weighted by atomic mass is 9.36. The molecule has 3 aromatic carbocycles. The first-order chi connectivity index (χ1) is 17.2. The van der Waals surface area contributed by atoms with Gasteiger partial charge in [0.1, 0.15) is 0 Å². The molecule has 1 heterocycles. The van der Waals surface area contributed by atoms with Crippen LogP contribution in [0.15, 0.2) is 59.0 Å². The maximum absolute atomic E-state index is 6.64. The summed E-state index contributed by atoms with van der Waals surface area (Å²) in [5.74, 6) is 2.40. The molecule has 0 aromatic heterocycles. The fraction of sp³-hybridized carbons (Fsp3) is 0.375. The summed E-state index contributed by atoms with van der Waals surface area (Å²) in [5, 5.41) is 0. The van der Waals surface area contributed by atoms with E-state index in [0.717, 1.165) is 15.5 Å². The van der Waals surface area contributed by atoms with Crippen molar-refractivity contribution in [2.24, 2.45) is 0 Å². The van der Waals surface area contributed by atoms with E-state index in [1.807, 2.05) is 0 Å². The number of benzene rings is 3. The standard InChI is InChI=1S/C32H39B2BrO2/c1-20-15-22(3)29(23(4)16-20)33(30-24(5)17-21(2)18-25(30)6)19-28(26-11-13-27(35)14-12-26)34-36-31(7,8)32(9,10)37-34/h11-19H,1-10H3/b28-19+. The average molecular weight is 557 g/mol. The fourth-order valence-corrected chi connectivity index (χ4v) is 6.04. The largest absolute Gasteiger partial charge is 0.494 e. The van der Waals surface area contributed by atoms with Crippen LogP contribution in [0.25, 0.3) is 5.47 Å². The molecule has 1 aliphatic rings. The van der Waals surface area contributed by atoms with Gasteiger partial charge in [0.15, 0.2) is 0 Å².